The van der Waals surface area contributed by atoms with Crippen molar-refractivity contribution in [1.29, 1.82) is 0 Å². The van der Waals surface area contributed by atoms with Crippen molar-refractivity contribution in [2.45, 2.75) is 29.6 Å². The molecule has 0 saturated carbocycles. The summed E-state index contributed by atoms with van der Waals surface area (Å²) in [6, 6.07) is -0.797. The maximum atomic E-state index is 12.8. The van der Waals surface area contributed by atoms with Crippen molar-refractivity contribution in [3.05, 3.63) is 32.1 Å². The SMILES string of the molecule is Cc1nnc(SCC2=C(C(=O)O)N3C(=O)[C@H](NC(=O)c4c(Br)c(C)nn4C)[C@@H]3SC2)s1. The van der Waals surface area contributed by atoms with E-state index in [2.05, 4.69) is 36.5 Å². The standard InChI is InChI=1S/C17H17BrN6O4S3/c1-6-9(18)12(23(3)22-6)13(25)19-10-14(26)24-11(16(27)28)8(4-29-15(10)24)5-30-17-21-20-7(2)31-17/h10,15H,4-5H2,1-3H3,(H,19,25)(H,27,28)/t10-,15-/m0/s1. The van der Waals surface area contributed by atoms with Crippen LogP contribution >= 0.6 is 50.8 Å². The van der Waals surface area contributed by atoms with Gasteiger partial charge in [-0.15, -0.1) is 22.0 Å². The number of hydrogen-bond donors (Lipinski definition) is 2. The Hall–Kier alpha value is -1.90. The molecule has 1 saturated heterocycles. The number of carboxylic acid groups (broad SMARTS) is 1. The first-order chi connectivity index (χ1) is 14.7. The Labute approximate surface area is 198 Å². The van der Waals surface area contributed by atoms with E-state index in [4.69, 9.17) is 0 Å². The molecule has 4 rings (SSSR count). The van der Waals surface area contributed by atoms with E-state index in [0.717, 1.165) is 9.35 Å². The first-order valence-corrected chi connectivity index (χ1v) is 12.7. The second kappa shape index (κ2) is 8.56. The number of fused-ring (bicyclic) bond motifs is 1. The minimum Gasteiger partial charge on any atom is -0.477 e. The minimum absolute atomic E-state index is 0.00876. The second-order valence-electron chi connectivity index (χ2n) is 6.87. The second-order valence-corrected chi connectivity index (χ2v) is 11.2. The van der Waals surface area contributed by atoms with Gasteiger partial charge >= 0.3 is 5.97 Å². The lowest BCUT2D eigenvalue weighted by Crippen LogP contribution is -2.70. The van der Waals surface area contributed by atoms with Gasteiger partial charge in [0.25, 0.3) is 11.8 Å². The summed E-state index contributed by atoms with van der Waals surface area (Å²) in [5, 5.41) is 25.1. The van der Waals surface area contributed by atoms with Gasteiger partial charge in [-0.25, -0.2) is 4.79 Å². The molecule has 0 unspecified atom stereocenters. The lowest BCUT2D eigenvalue weighted by atomic mass is 10.0. The highest BCUT2D eigenvalue weighted by atomic mass is 79.9. The summed E-state index contributed by atoms with van der Waals surface area (Å²) in [4.78, 5) is 38.8. The molecule has 164 valence electrons. The van der Waals surface area contributed by atoms with Gasteiger partial charge in [0, 0.05) is 18.6 Å². The Kier molecular flexibility index (Phi) is 6.16. The van der Waals surface area contributed by atoms with Crippen LogP contribution in [0, 0.1) is 13.8 Å². The molecule has 0 aliphatic carbocycles. The number of nitrogens with zero attached hydrogens (tertiary/aromatic N) is 5. The van der Waals surface area contributed by atoms with Crippen molar-refractivity contribution in [2.24, 2.45) is 7.05 Å². The van der Waals surface area contributed by atoms with Crippen LogP contribution in [-0.2, 0) is 16.6 Å². The van der Waals surface area contributed by atoms with E-state index in [0.29, 0.717) is 32.9 Å². The van der Waals surface area contributed by atoms with Crippen LogP contribution in [0.4, 0.5) is 0 Å². The van der Waals surface area contributed by atoms with Crippen molar-refractivity contribution in [3.63, 3.8) is 0 Å². The molecule has 2 aliphatic rings. The third-order valence-corrected chi connectivity index (χ3v) is 9.13. The third kappa shape index (κ3) is 4.01. The summed E-state index contributed by atoms with van der Waals surface area (Å²) in [6.45, 7) is 3.61. The summed E-state index contributed by atoms with van der Waals surface area (Å²) in [5.74, 6) is -1.19. The van der Waals surface area contributed by atoms with Crippen LogP contribution in [0.1, 0.15) is 21.2 Å². The average Bonchev–Trinajstić information content (AvgIpc) is 3.25. The lowest BCUT2D eigenvalue weighted by molar-refractivity contribution is -0.148. The number of β-lactam (4-membered cyclic amide) rings is 1. The zero-order chi connectivity index (χ0) is 22.4. The number of thioether (sulfide) groups is 2. The van der Waals surface area contributed by atoms with Crippen LogP contribution in [0.2, 0.25) is 0 Å². The topological polar surface area (TPSA) is 130 Å². The first kappa shape index (κ1) is 22.3. The molecule has 4 heterocycles. The first-order valence-electron chi connectivity index (χ1n) is 9.02. The molecule has 14 heteroatoms. The van der Waals surface area contributed by atoms with E-state index >= 15 is 0 Å². The highest BCUT2D eigenvalue weighted by Crippen LogP contribution is 2.42. The zero-order valence-electron chi connectivity index (χ0n) is 16.6. The Morgan fingerprint density at radius 3 is 2.68 bits per heavy atom. The minimum atomic E-state index is -1.16. The molecule has 2 N–H and O–H groups in total. The summed E-state index contributed by atoms with van der Waals surface area (Å²) in [5.41, 5.74) is 1.60. The fourth-order valence-corrected chi connectivity index (χ4v) is 7.19. The maximum absolute atomic E-state index is 12.8. The molecule has 2 atom stereocenters. The monoisotopic (exact) mass is 544 g/mol. The van der Waals surface area contributed by atoms with Gasteiger partial charge in [-0.2, -0.15) is 5.10 Å². The van der Waals surface area contributed by atoms with E-state index in [1.54, 1.807) is 14.0 Å². The van der Waals surface area contributed by atoms with Gasteiger partial charge in [-0.1, -0.05) is 23.1 Å². The summed E-state index contributed by atoms with van der Waals surface area (Å²) in [6.07, 6.45) is 0. The van der Waals surface area contributed by atoms with E-state index in [1.165, 1.54) is 44.4 Å². The predicted molar refractivity (Wildman–Crippen MR) is 120 cm³/mol. The Morgan fingerprint density at radius 1 is 1.35 bits per heavy atom. The summed E-state index contributed by atoms with van der Waals surface area (Å²) in [7, 11) is 1.64. The largest absolute Gasteiger partial charge is 0.477 e. The molecule has 2 aliphatic heterocycles. The van der Waals surface area contributed by atoms with Crippen LogP contribution < -0.4 is 5.32 Å². The molecule has 0 bridgehead atoms. The van der Waals surface area contributed by atoms with Gasteiger partial charge < -0.3 is 10.4 Å². The molecular formula is C17H17BrN6O4S3. The van der Waals surface area contributed by atoms with Gasteiger partial charge in [0.2, 0.25) is 0 Å². The summed E-state index contributed by atoms with van der Waals surface area (Å²) < 4.78 is 2.75. The highest BCUT2D eigenvalue weighted by molar-refractivity contribution is 9.10. The molecular weight excluding hydrogens is 528 g/mol. The number of nitrogens with one attached hydrogen (secondary N) is 1. The Bertz CT molecular complexity index is 1130. The number of hydrogen-bond acceptors (Lipinski definition) is 9. The molecule has 0 radical (unpaired) electrons. The van der Waals surface area contributed by atoms with E-state index in [9.17, 15) is 19.5 Å². The number of carbonyl (C=O) groups excluding carboxylic acids is 2. The molecule has 2 aromatic rings. The summed E-state index contributed by atoms with van der Waals surface area (Å²) >= 11 is 7.62. The number of rotatable bonds is 6. The fourth-order valence-electron chi connectivity index (χ4n) is 3.37. The Morgan fingerprint density at radius 2 is 2.10 bits per heavy atom. The molecule has 0 spiro atoms. The van der Waals surface area contributed by atoms with E-state index in [1.807, 2.05) is 6.92 Å². The number of carbonyl (C=O) groups is 3. The number of halogens is 1. The van der Waals surface area contributed by atoms with Gasteiger partial charge in [0.1, 0.15) is 27.8 Å². The van der Waals surface area contributed by atoms with Crippen molar-refractivity contribution < 1.29 is 19.5 Å². The quantitative estimate of drug-likeness (QED) is 0.412. The molecule has 0 aromatic carbocycles. The molecule has 10 nitrogen and oxygen atoms in total. The lowest BCUT2D eigenvalue weighted by Gasteiger charge is -2.49. The van der Waals surface area contributed by atoms with Crippen molar-refractivity contribution in [2.75, 3.05) is 11.5 Å². The van der Waals surface area contributed by atoms with Gasteiger partial charge in [-0.3, -0.25) is 19.2 Å². The van der Waals surface area contributed by atoms with Gasteiger partial charge in [0.05, 0.1) is 10.2 Å². The van der Waals surface area contributed by atoms with Crippen LogP contribution in [0.15, 0.2) is 20.1 Å². The number of aromatic nitrogens is 4. The highest BCUT2D eigenvalue weighted by Gasteiger charge is 2.54. The molecule has 2 aromatic heterocycles. The molecule has 31 heavy (non-hydrogen) atoms. The number of amides is 2. The number of carboxylic acids is 1. The molecule has 1 fully saturated rings. The van der Waals surface area contributed by atoms with Gasteiger partial charge in [0.15, 0.2) is 4.34 Å². The fraction of sp³-hybridized carbons (Fsp3) is 0.412. The van der Waals surface area contributed by atoms with Crippen molar-refractivity contribution in [3.8, 4) is 0 Å². The van der Waals surface area contributed by atoms with Crippen LogP contribution in [0.25, 0.3) is 0 Å². The smallest absolute Gasteiger partial charge is 0.352 e. The van der Waals surface area contributed by atoms with E-state index < -0.39 is 29.2 Å². The van der Waals surface area contributed by atoms with E-state index in [-0.39, 0.29) is 5.70 Å². The predicted octanol–water partition coefficient (Wildman–Crippen LogP) is 1.80. The van der Waals surface area contributed by atoms with Crippen LogP contribution in [-0.4, -0.2) is 70.7 Å². The van der Waals surface area contributed by atoms with Gasteiger partial charge in [-0.05, 0) is 35.4 Å². The third-order valence-electron chi connectivity index (χ3n) is 4.78. The number of aliphatic carboxylic acids is 1. The van der Waals surface area contributed by atoms with Crippen LogP contribution in [0.3, 0.4) is 0 Å². The average molecular weight is 545 g/mol. The molecule has 2 amide bonds. The van der Waals surface area contributed by atoms with Crippen LogP contribution in [0.5, 0.6) is 0 Å². The maximum Gasteiger partial charge on any atom is 0.352 e. The normalized spacial score (nSPS) is 20.5. The number of aryl methyl sites for hydroxylation is 3. The Balaban J connectivity index is 1.50. The van der Waals surface area contributed by atoms with Crippen molar-refractivity contribution >= 4 is 68.6 Å². The zero-order valence-corrected chi connectivity index (χ0v) is 20.6. The van der Waals surface area contributed by atoms with Crippen molar-refractivity contribution in [1.82, 2.24) is 30.2 Å².